The van der Waals surface area contributed by atoms with Crippen LogP contribution >= 0.6 is 15.9 Å². The molecule has 34 heavy (non-hydrogen) atoms. The summed E-state index contributed by atoms with van der Waals surface area (Å²) in [7, 11) is 1.79. The van der Waals surface area contributed by atoms with Crippen molar-refractivity contribution in [3.05, 3.63) is 75.7 Å². The van der Waals surface area contributed by atoms with Gasteiger partial charge in [0.1, 0.15) is 12.3 Å². The number of aromatic nitrogens is 3. The summed E-state index contributed by atoms with van der Waals surface area (Å²) in [5, 5.41) is 7.29. The molecular weight excluding hydrogens is 496 g/mol. The molecule has 0 bridgehead atoms. The van der Waals surface area contributed by atoms with E-state index in [2.05, 4.69) is 28.9 Å². The van der Waals surface area contributed by atoms with Crippen molar-refractivity contribution in [2.45, 2.75) is 37.7 Å². The van der Waals surface area contributed by atoms with Gasteiger partial charge in [-0.2, -0.15) is 5.10 Å². The zero-order valence-electron chi connectivity index (χ0n) is 19.5. The maximum Gasteiger partial charge on any atom is 0.410 e. The Bertz CT molecular complexity index is 1440. The molecule has 0 saturated carbocycles. The first-order valence-corrected chi connectivity index (χ1v) is 12.4. The lowest BCUT2D eigenvalue weighted by Gasteiger charge is -2.18. The van der Waals surface area contributed by atoms with E-state index in [4.69, 9.17) is 9.84 Å². The zero-order valence-corrected chi connectivity index (χ0v) is 21.1. The molecule has 2 aromatic heterocycles. The summed E-state index contributed by atoms with van der Waals surface area (Å²) < 4.78 is 9.11. The first-order chi connectivity index (χ1) is 16.3. The third-order valence-electron chi connectivity index (χ3n) is 6.61. The van der Waals surface area contributed by atoms with Crippen LogP contribution in [0, 0.1) is 6.92 Å². The Labute approximate surface area is 206 Å². The molecule has 4 aromatic rings. The lowest BCUT2D eigenvalue weighted by atomic mass is 9.98. The molecule has 1 saturated heterocycles. The van der Waals surface area contributed by atoms with E-state index in [0.29, 0.717) is 18.5 Å². The Morgan fingerprint density at radius 3 is 2.74 bits per heavy atom. The summed E-state index contributed by atoms with van der Waals surface area (Å²) in [5.74, 6) is 0. The van der Waals surface area contributed by atoms with E-state index < -0.39 is 0 Å². The highest BCUT2D eigenvalue weighted by atomic mass is 79.9. The minimum absolute atomic E-state index is 0.0277. The Kier molecular flexibility index (Phi) is 5.93. The van der Waals surface area contributed by atoms with Gasteiger partial charge in [-0.3, -0.25) is 9.36 Å². The van der Waals surface area contributed by atoms with Crippen molar-refractivity contribution in [2.75, 3.05) is 13.1 Å². The third-order valence-corrected chi connectivity index (χ3v) is 7.10. The van der Waals surface area contributed by atoms with Gasteiger partial charge in [0, 0.05) is 41.1 Å². The molecule has 1 amide bonds. The number of amides is 1. The lowest BCUT2D eigenvalue weighted by molar-refractivity contribution is 0.103. The van der Waals surface area contributed by atoms with Crippen molar-refractivity contribution < 1.29 is 9.53 Å². The number of alkyl halides is 1. The van der Waals surface area contributed by atoms with E-state index in [1.165, 1.54) is 0 Å². The molecule has 2 unspecified atom stereocenters. The number of aryl methyl sites for hydroxylation is 2. The Morgan fingerprint density at radius 2 is 2.00 bits per heavy atom. The van der Waals surface area contributed by atoms with Crippen molar-refractivity contribution in [1.29, 1.82) is 0 Å². The predicted octanol–water partition coefficient (Wildman–Crippen LogP) is 5.24. The molecule has 0 N–H and O–H groups in total. The van der Waals surface area contributed by atoms with Gasteiger partial charge in [0.25, 0.3) is 5.56 Å². The number of halogens is 1. The monoisotopic (exact) mass is 522 g/mol. The number of likely N-dealkylation sites (tertiary alicyclic amines) is 1. The number of nitrogens with zero attached hydrogens (tertiary/aromatic N) is 4. The molecule has 2 atom stereocenters. The minimum atomic E-state index is -0.326. The third kappa shape index (κ3) is 3.90. The summed E-state index contributed by atoms with van der Waals surface area (Å²) in [6.07, 6.45) is 2.27. The zero-order chi connectivity index (χ0) is 24.0. The highest BCUT2D eigenvalue weighted by Gasteiger charge is 2.31. The minimum Gasteiger partial charge on any atom is -0.445 e. The lowest BCUT2D eigenvalue weighted by Crippen LogP contribution is -2.30. The van der Waals surface area contributed by atoms with Crippen LogP contribution in [0.25, 0.3) is 21.8 Å². The normalized spacial score (nSPS) is 16.9. The largest absolute Gasteiger partial charge is 0.445 e. The van der Waals surface area contributed by atoms with Crippen molar-refractivity contribution in [3.63, 3.8) is 0 Å². The van der Waals surface area contributed by atoms with E-state index in [1.54, 1.807) is 16.5 Å². The molecule has 7 nitrogen and oxygen atoms in total. The molecule has 0 radical (unpaired) electrons. The van der Waals surface area contributed by atoms with Gasteiger partial charge in [0.15, 0.2) is 0 Å². The molecule has 2 aromatic carbocycles. The second-order valence-corrected chi connectivity index (χ2v) is 10.4. The van der Waals surface area contributed by atoms with E-state index in [0.717, 1.165) is 39.5 Å². The first kappa shape index (κ1) is 22.7. The number of carbonyl (C=O) groups is 1. The van der Waals surface area contributed by atoms with Crippen LogP contribution in [-0.2, 0) is 18.4 Å². The van der Waals surface area contributed by atoms with Crippen LogP contribution in [0.15, 0.2) is 53.5 Å². The maximum absolute atomic E-state index is 13.3. The molecule has 0 spiro atoms. The fourth-order valence-electron chi connectivity index (χ4n) is 4.93. The topological polar surface area (TPSA) is 69.4 Å². The average Bonchev–Trinajstić information content (AvgIpc) is 3.48. The summed E-state index contributed by atoms with van der Waals surface area (Å²) in [5.41, 5.74) is 3.83. The van der Waals surface area contributed by atoms with Crippen molar-refractivity contribution >= 4 is 43.8 Å². The Morgan fingerprint density at radius 1 is 1.24 bits per heavy atom. The van der Waals surface area contributed by atoms with Crippen LogP contribution in [0.2, 0.25) is 0 Å². The second kappa shape index (κ2) is 8.91. The maximum atomic E-state index is 13.3. The number of carbonyl (C=O) groups excluding carboxylic acids is 1. The molecule has 8 heteroatoms. The first-order valence-electron chi connectivity index (χ1n) is 11.4. The van der Waals surface area contributed by atoms with Gasteiger partial charge in [-0.25, -0.2) is 9.48 Å². The molecule has 176 valence electrons. The predicted molar refractivity (Wildman–Crippen MR) is 136 cm³/mol. The highest BCUT2D eigenvalue weighted by molar-refractivity contribution is 9.09. The number of benzene rings is 2. The van der Waals surface area contributed by atoms with Crippen LogP contribution in [0.1, 0.15) is 40.9 Å². The summed E-state index contributed by atoms with van der Waals surface area (Å²) in [6.45, 7) is 5.41. The number of rotatable bonds is 4. The van der Waals surface area contributed by atoms with Crippen LogP contribution < -0.4 is 5.56 Å². The van der Waals surface area contributed by atoms with E-state index >= 15 is 0 Å². The van der Waals surface area contributed by atoms with Gasteiger partial charge in [-0.15, -0.1) is 0 Å². The second-order valence-electron chi connectivity index (χ2n) is 9.01. The molecule has 1 aliphatic heterocycles. The van der Waals surface area contributed by atoms with Crippen LogP contribution in [-0.4, -0.2) is 38.4 Å². The van der Waals surface area contributed by atoms with Crippen molar-refractivity contribution in [3.8, 4) is 0 Å². The number of hydrogen-bond acceptors (Lipinski definition) is 4. The van der Waals surface area contributed by atoms with E-state index in [-0.39, 0.29) is 29.1 Å². The Hall–Kier alpha value is -3.13. The summed E-state index contributed by atoms with van der Waals surface area (Å²) in [6, 6.07) is 13.7. The van der Waals surface area contributed by atoms with Gasteiger partial charge in [0.05, 0.1) is 12.2 Å². The molecule has 3 heterocycles. The summed E-state index contributed by atoms with van der Waals surface area (Å²) in [4.78, 5) is 27.8. The van der Waals surface area contributed by atoms with Gasteiger partial charge < -0.3 is 9.64 Å². The standard InChI is InChI=1S/C26H27BrN4O3/c1-16-11-20(17(2)27)23-21(12-16)25(32)29(3)24-22(23)13-28-31(24)19-9-10-30(14-19)26(33)34-15-18-7-5-4-6-8-18/h4-8,11-13,17,19H,9-10,14-15H2,1-3H3. The fourth-order valence-corrected chi connectivity index (χ4v) is 5.29. The number of pyridine rings is 1. The number of ether oxygens (including phenoxy) is 1. The average molecular weight is 523 g/mol. The van der Waals surface area contributed by atoms with Crippen molar-refractivity contribution in [2.24, 2.45) is 7.05 Å². The van der Waals surface area contributed by atoms with Crippen LogP contribution in [0.3, 0.4) is 0 Å². The highest BCUT2D eigenvalue weighted by Crippen LogP contribution is 2.35. The number of hydrogen-bond donors (Lipinski definition) is 0. The number of fused-ring (bicyclic) bond motifs is 3. The van der Waals surface area contributed by atoms with Crippen LogP contribution in [0.5, 0.6) is 0 Å². The van der Waals surface area contributed by atoms with Crippen LogP contribution in [0.4, 0.5) is 4.79 Å². The molecule has 1 fully saturated rings. The van der Waals surface area contributed by atoms with Gasteiger partial charge in [-0.1, -0.05) is 52.3 Å². The molecule has 1 aliphatic rings. The molecule has 0 aliphatic carbocycles. The quantitative estimate of drug-likeness (QED) is 0.344. The SMILES string of the molecule is Cc1cc(C(C)Br)c2c(c1)c(=O)n(C)c1c2cnn1C1CCN(C(=O)OCc2ccccc2)C1. The van der Waals surface area contributed by atoms with Gasteiger partial charge in [0.2, 0.25) is 0 Å². The molecular formula is C26H27BrN4O3. The van der Waals surface area contributed by atoms with Gasteiger partial charge in [-0.05, 0) is 43.0 Å². The van der Waals surface area contributed by atoms with E-state index in [1.807, 2.05) is 54.2 Å². The van der Waals surface area contributed by atoms with Crippen molar-refractivity contribution in [1.82, 2.24) is 19.2 Å². The fraction of sp³-hybridized carbons (Fsp3) is 0.346. The van der Waals surface area contributed by atoms with E-state index in [9.17, 15) is 9.59 Å². The molecule has 5 rings (SSSR count). The van der Waals surface area contributed by atoms with Gasteiger partial charge >= 0.3 is 6.09 Å². The smallest absolute Gasteiger partial charge is 0.410 e. The Balaban J connectivity index is 1.47. The summed E-state index contributed by atoms with van der Waals surface area (Å²) >= 11 is 3.70.